The molecule has 0 spiro atoms. The van der Waals surface area contributed by atoms with Crippen molar-refractivity contribution in [3.63, 3.8) is 0 Å². The first kappa shape index (κ1) is 106. The lowest BCUT2D eigenvalue weighted by atomic mass is 9.73. The van der Waals surface area contributed by atoms with Crippen LogP contribution in [0, 0.1) is 22.7 Å². The molecular formula is C117H126N12O15. The molecule has 1 N–H and O–H groups in total. The number of hydrogen-bond donors (Lipinski definition) is 1. The number of rotatable bonds is 28. The third-order valence-corrected chi connectivity index (χ3v) is 29.2. The predicted octanol–water partition coefficient (Wildman–Crippen LogP) is 19.6. The molecule has 8 aliphatic rings. The number of carbonyl (C=O) groups excluding carboxylic acids is 12. The SMILES string of the molecule is CC1=NN(CC(=O)c2ccccc2)C(=O)C1(C)CC1CCCC1.CC1=NN(CC(=O)c2ccccc2)C(=O)C1(C)CC1CCCCC1.CC1=NN(CC(=O)c2ccccc2)C(=O)C1(C)c1ccccc1.CC1=NN(CC(=O)c2ccccc2)C(=O)C1(C)c1ccccc1O.COc1ccc(C2(C)C(=O)N(CC(=O)c3ccccc3)N=C2C)cc1.COc1ccccc1C1(C)C(=O)N(CC(=O)c2ccccc2)N=C1C. The van der Waals surface area contributed by atoms with Crippen LogP contribution in [-0.4, -0.2) is 193 Å². The van der Waals surface area contributed by atoms with Crippen LogP contribution in [0.3, 0.4) is 0 Å². The minimum atomic E-state index is -1.07. The van der Waals surface area contributed by atoms with Gasteiger partial charge in [-0.05, 0) is 143 Å². The summed E-state index contributed by atoms with van der Waals surface area (Å²) >= 11 is 0. The molecular weight excluding hydrogens is 1810 g/mol. The Morgan fingerprint density at radius 2 is 0.514 bits per heavy atom. The van der Waals surface area contributed by atoms with Gasteiger partial charge in [0.05, 0.1) is 59.3 Å². The van der Waals surface area contributed by atoms with E-state index < -0.39 is 32.5 Å². The predicted molar refractivity (Wildman–Crippen MR) is 557 cm³/mol. The van der Waals surface area contributed by atoms with Crippen molar-refractivity contribution < 1.29 is 72.1 Å². The normalized spacial score (nSPS) is 21.7. The zero-order valence-corrected chi connectivity index (χ0v) is 84.3. The molecule has 27 nitrogen and oxygen atoms in total. The topological polar surface area (TPSA) is 337 Å². The average molecular weight is 1940 g/mol. The number of para-hydroxylation sites is 2. The van der Waals surface area contributed by atoms with Crippen LogP contribution in [0.2, 0.25) is 0 Å². The Morgan fingerprint density at radius 3 is 0.812 bits per heavy atom. The Bertz CT molecular complexity index is 6590. The largest absolute Gasteiger partial charge is 0.508 e. The van der Waals surface area contributed by atoms with Crippen LogP contribution in [0.1, 0.15) is 238 Å². The zero-order chi connectivity index (χ0) is 103. The number of phenolic OH excluding ortho intramolecular Hbond substituents is 1. The summed E-state index contributed by atoms with van der Waals surface area (Å²) in [5, 5.41) is 44.1. The van der Waals surface area contributed by atoms with Crippen molar-refractivity contribution in [2.24, 2.45) is 53.3 Å². The summed E-state index contributed by atoms with van der Waals surface area (Å²) in [6, 6.07) is 84.8. The van der Waals surface area contributed by atoms with Crippen molar-refractivity contribution in [1.82, 2.24) is 30.1 Å². The summed E-state index contributed by atoms with van der Waals surface area (Å²) in [6.45, 7) is 22.0. The van der Waals surface area contributed by atoms with E-state index in [4.69, 9.17) is 9.47 Å². The van der Waals surface area contributed by atoms with Gasteiger partial charge >= 0.3 is 0 Å². The highest BCUT2D eigenvalue weighted by atomic mass is 16.5. The third kappa shape index (κ3) is 23.1. The van der Waals surface area contributed by atoms with Crippen molar-refractivity contribution in [2.45, 2.75) is 175 Å². The van der Waals surface area contributed by atoms with Crippen molar-refractivity contribution in [2.75, 3.05) is 53.5 Å². The molecule has 2 saturated carbocycles. The van der Waals surface area contributed by atoms with Crippen LogP contribution in [0.5, 0.6) is 17.2 Å². The van der Waals surface area contributed by atoms with E-state index in [-0.39, 0.29) is 115 Å². The summed E-state index contributed by atoms with van der Waals surface area (Å²) in [4.78, 5) is 152. The van der Waals surface area contributed by atoms with Gasteiger partial charge in [0, 0.05) is 44.5 Å². The van der Waals surface area contributed by atoms with Gasteiger partial charge in [-0.1, -0.05) is 319 Å². The van der Waals surface area contributed by atoms with Gasteiger partial charge in [0.1, 0.15) is 78.2 Å². The van der Waals surface area contributed by atoms with Gasteiger partial charge in [-0.15, -0.1) is 0 Å². The summed E-state index contributed by atoms with van der Waals surface area (Å²) in [6.07, 6.45) is 12.9. The van der Waals surface area contributed by atoms with Crippen LogP contribution in [0.15, 0.2) is 316 Å². The van der Waals surface area contributed by atoms with Gasteiger partial charge in [0.15, 0.2) is 34.7 Å². The molecule has 744 valence electrons. The fraction of sp³-hybridized carbons (Fsp3) is 0.333. The number of benzene rings is 10. The second kappa shape index (κ2) is 46.5. The highest BCUT2D eigenvalue weighted by Crippen LogP contribution is 2.45. The molecule has 27 heteroatoms. The van der Waals surface area contributed by atoms with Crippen molar-refractivity contribution in [1.29, 1.82) is 0 Å². The first-order valence-electron chi connectivity index (χ1n) is 48.8. The fourth-order valence-corrected chi connectivity index (χ4v) is 19.4. The Morgan fingerprint density at radius 1 is 0.278 bits per heavy atom. The standard InChI is InChI=1S/2C20H20N2O3.C20H26N2O2.C19H18N2O3.C19H18N2O2.C19H24N2O2/c1-14-20(2,16-11-7-8-12-18(16)25-3)19(24)22(21-14)13-17(23)15-9-5-4-6-10-15;1-14-20(2,16-9-11-17(25-3)12-10-16)19(24)22(21-14)13-18(23)15-7-5-4-6-8-15;1-15-20(2,13-16-9-5-3-6-10-16)19(24)22(21-15)14-18(23)17-11-7-4-8-12-17;1-13-19(2,15-10-6-7-11-16(15)22)18(24)21(20-13)12-17(23)14-8-4-3-5-9-14;1-14-19(2,16-11-7-4-8-12-16)18(23)21(20-14)13-17(22)15-9-5-3-6-10-15;1-14-19(2,12-15-8-6-7-9-15)18(23)21(20-14)13-17(22)16-10-4-3-5-11-16/h2*4-12H,13H2,1-3H3;4,7-8,11-12,16H,3,5-6,9-10,13-14H2,1-2H3;3-11,22H,12H2,1-2H3;3-12H,13H2,1-2H3;3-5,10-11,15H,6-9,12-13H2,1-2H3. The van der Waals surface area contributed by atoms with Crippen molar-refractivity contribution in [3.8, 4) is 17.2 Å². The number of nitrogens with zero attached hydrogens (tertiary/aromatic N) is 12. The highest BCUT2D eigenvalue weighted by molar-refractivity contribution is 6.21. The number of ether oxygens (including phenoxy) is 2. The molecule has 6 aliphatic heterocycles. The molecule has 2 fully saturated rings. The van der Waals surface area contributed by atoms with Gasteiger partial charge in [-0.2, -0.15) is 30.6 Å². The number of hydrogen-bond acceptors (Lipinski definition) is 21. The second-order valence-corrected chi connectivity index (χ2v) is 38.6. The van der Waals surface area contributed by atoms with E-state index >= 15 is 0 Å². The van der Waals surface area contributed by atoms with E-state index in [1.165, 1.54) is 87.8 Å². The number of amides is 6. The Labute approximate surface area is 841 Å². The highest BCUT2D eigenvalue weighted by Gasteiger charge is 2.54. The first-order valence-corrected chi connectivity index (χ1v) is 48.8. The molecule has 6 heterocycles. The second-order valence-electron chi connectivity index (χ2n) is 38.6. The molecule has 0 aromatic heterocycles. The van der Waals surface area contributed by atoms with Crippen LogP contribution in [-0.2, 0) is 50.4 Å². The maximum atomic E-state index is 13.1. The smallest absolute Gasteiger partial charge is 0.259 e. The number of hydrazone groups is 6. The first-order chi connectivity index (χ1) is 68.9. The van der Waals surface area contributed by atoms with E-state index in [0.29, 0.717) is 79.4 Å². The number of phenols is 1. The number of aromatic hydroxyl groups is 1. The van der Waals surface area contributed by atoms with Gasteiger partial charge in [0.25, 0.3) is 35.4 Å². The minimum Gasteiger partial charge on any atom is -0.508 e. The maximum absolute atomic E-state index is 13.1. The third-order valence-electron chi connectivity index (χ3n) is 29.2. The van der Waals surface area contributed by atoms with E-state index in [2.05, 4.69) is 30.6 Å². The lowest BCUT2D eigenvalue weighted by Crippen LogP contribution is -2.42. The van der Waals surface area contributed by atoms with E-state index in [0.717, 1.165) is 46.7 Å². The molecule has 144 heavy (non-hydrogen) atoms. The number of Topliss-reactive ketones (excluding diaryl/α,β-unsaturated/α-hetero) is 6. The molecule has 18 rings (SSSR count). The van der Waals surface area contributed by atoms with Gasteiger partial charge in [-0.25, -0.2) is 30.1 Å². The summed E-state index contributed by atoms with van der Waals surface area (Å²) < 4.78 is 10.6. The van der Waals surface area contributed by atoms with E-state index in [1.807, 2.05) is 214 Å². The molecule has 2 aliphatic carbocycles. The fourth-order valence-electron chi connectivity index (χ4n) is 19.4. The molecule has 6 atom stereocenters. The number of ketones is 6. The molecule has 0 radical (unpaired) electrons. The molecule has 0 saturated heterocycles. The van der Waals surface area contributed by atoms with Crippen molar-refractivity contribution in [3.05, 3.63) is 341 Å². The van der Waals surface area contributed by atoms with Gasteiger partial charge < -0.3 is 14.6 Å². The van der Waals surface area contributed by atoms with Crippen molar-refractivity contribution >= 4 is 104 Å². The van der Waals surface area contributed by atoms with Crippen LogP contribution >= 0.6 is 0 Å². The van der Waals surface area contributed by atoms with Crippen LogP contribution in [0.25, 0.3) is 0 Å². The lowest BCUT2D eigenvalue weighted by molar-refractivity contribution is -0.136. The lowest BCUT2D eigenvalue weighted by Gasteiger charge is -2.30. The number of methoxy groups -OCH3 is 2. The quantitative estimate of drug-likeness (QED) is 0.0445. The van der Waals surface area contributed by atoms with Crippen LogP contribution < -0.4 is 9.47 Å². The Balaban J connectivity index is 0.000000145. The monoisotopic (exact) mass is 1940 g/mol. The molecule has 0 bridgehead atoms. The Hall–Kier alpha value is -15.5. The van der Waals surface area contributed by atoms with Gasteiger partial charge in [0.2, 0.25) is 0 Å². The summed E-state index contributed by atoms with van der Waals surface area (Å²) in [5.41, 5.74) is 5.95. The van der Waals surface area contributed by atoms with E-state index in [9.17, 15) is 62.6 Å². The average Bonchev–Trinajstić information content (AvgIpc) is 1.57. The zero-order valence-electron chi connectivity index (χ0n) is 84.3. The molecule has 6 amide bonds. The minimum absolute atomic E-state index is 0.0187. The maximum Gasteiger partial charge on any atom is 0.259 e. The summed E-state index contributed by atoms with van der Waals surface area (Å²) in [5.74, 6) is 0.959. The molecule has 6 unspecified atom stereocenters. The molecule has 10 aromatic rings. The Kier molecular flexibility index (Phi) is 34.1. The molecule has 10 aromatic carbocycles. The summed E-state index contributed by atoms with van der Waals surface area (Å²) in [7, 11) is 3.17. The van der Waals surface area contributed by atoms with Crippen LogP contribution in [0.4, 0.5) is 0 Å². The van der Waals surface area contributed by atoms with Gasteiger partial charge in [-0.3, -0.25) is 57.5 Å². The number of carbonyl (C=O) groups is 12. The van der Waals surface area contributed by atoms with E-state index in [1.54, 1.807) is 168 Å².